The molecular formula is C13H17BrN2O2. The molecule has 0 bridgehead atoms. The average Bonchev–Trinajstić information content (AvgIpc) is 2.31. The van der Waals surface area contributed by atoms with Gasteiger partial charge < -0.3 is 10.6 Å². The molecule has 0 aliphatic rings. The van der Waals surface area contributed by atoms with Gasteiger partial charge in [-0.05, 0) is 37.1 Å². The number of carbonyl (C=O) groups is 2. The SMILES string of the molecule is CCC(Br)C(=O)Nc1ccc(NC(C)=O)c(C)c1. The fourth-order valence-corrected chi connectivity index (χ4v) is 1.59. The van der Waals surface area contributed by atoms with Crippen molar-refractivity contribution in [2.24, 2.45) is 0 Å². The number of hydrogen-bond acceptors (Lipinski definition) is 2. The third kappa shape index (κ3) is 4.14. The number of benzene rings is 1. The molecule has 1 rings (SSSR count). The highest BCUT2D eigenvalue weighted by Gasteiger charge is 2.12. The average molecular weight is 313 g/mol. The summed E-state index contributed by atoms with van der Waals surface area (Å²) < 4.78 is 0. The van der Waals surface area contributed by atoms with Gasteiger partial charge in [-0.1, -0.05) is 22.9 Å². The van der Waals surface area contributed by atoms with Crippen LogP contribution >= 0.6 is 15.9 Å². The van der Waals surface area contributed by atoms with Crippen LogP contribution in [-0.2, 0) is 9.59 Å². The van der Waals surface area contributed by atoms with Crippen molar-refractivity contribution in [2.75, 3.05) is 10.6 Å². The minimum atomic E-state index is -0.187. The van der Waals surface area contributed by atoms with Crippen LogP contribution in [0.15, 0.2) is 18.2 Å². The molecule has 1 aromatic carbocycles. The van der Waals surface area contributed by atoms with Crippen LogP contribution in [-0.4, -0.2) is 16.6 Å². The molecule has 98 valence electrons. The van der Waals surface area contributed by atoms with Crippen molar-refractivity contribution in [3.8, 4) is 0 Å². The van der Waals surface area contributed by atoms with E-state index in [2.05, 4.69) is 26.6 Å². The molecular weight excluding hydrogens is 296 g/mol. The predicted molar refractivity (Wildman–Crippen MR) is 77.1 cm³/mol. The van der Waals surface area contributed by atoms with Crippen LogP contribution in [0.2, 0.25) is 0 Å². The molecule has 0 aliphatic carbocycles. The Hall–Kier alpha value is -1.36. The molecule has 0 spiro atoms. The van der Waals surface area contributed by atoms with E-state index in [0.29, 0.717) is 0 Å². The van der Waals surface area contributed by atoms with Crippen molar-refractivity contribution in [1.29, 1.82) is 0 Å². The largest absolute Gasteiger partial charge is 0.326 e. The van der Waals surface area contributed by atoms with Gasteiger partial charge in [0.1, 0.15) is 0 Å². The van der Waals surface area contributed by atoms with Gasteiger partial charge in [0.25, 0.3) is 0 Å². The first-order valence-corrected chi connectivity index (χ1v) is 6.68. The van der Waals surface area contributed by atoms with Crippen molar-refractivity contribution in [1.82, 2.24) is 0 Å². The molecule has 0 saturated carbocycles. The van der Waals surface area contributed by atoms with Crippen LogP contribution in [0.5, 0.6) is 0 Å². The standard InChI is InChI=1S/C13H17BrN2O2/c1-4-11(14)13(18)16-10-5-6-12(8(2)7-10)15-9(3)17/h5-7,11H,4H2,1-3H3,(H,15,17)(H,16,18). The fourth-order valence-electron chi connectivity index (χ4n) is 1.48. The second-order valence-corrected chi connectivity index (χ2v) is 5.18. The van der Waals surface area contributed by atoms with E-state index in [1.54, 1.807) is 12.1 Å². The maximum atomic E-state index is 11.7. The van der Waals surface area contributed by atoms with Crippen molar-refractivity contribution in [2.45, 2.75) is 32.0 Å². The summed E-state index contributed by atoms with van der Waals surface area (Å²) in [6.07, 6.45) is 0.731. The summed E-state index contributed by atoms with van der Waals surface area (Å²) in [6.45, 7) is 5.28. The number of amides is 2. The summed E-state index contributed by atoms with van der Waals surface area (Å²) >= 11 is 3.30. The van der Waals surface area contributed by atoms with E-state index in [-0.39, 0.29) is 16.6 Å². The number of aryl methyl sites for hydroxylation is 1. The normalized spacial score (nSPS) is 11.8. The van der Waals surface area contributed by atoms with Crippen LogP contribution in [0, 0.1) is 6.92 Å². The molecule has 1 atom stereocenters. The first-order chi connectivity index (χ1) is 8.43. The Labute approximate surface area is 115 Å². The zero-order valence-corrected chi connectivity index (χ0v) is 12.3. The molecule has 0 radical (unpaired) electrons. The van der Waals surface area contributed by atoms with E-state index in [1.807, 2.05) is 19.9 Å². The van der Waals surface area contributed by atoms with Crippen molar-refractivity contribution in [3.63, 3.8) is 0 Å². The summed E-state index contributed by atoms with van der Waals surface area (Å²) in [5.41, 5.74) is 2.39. The lowest BCUT2D eigenvalue weighted by atomic mass is 10.1. The van der Waals surface area contributed by atoms with Gasteiger partial charge in [0.05, 0.1) is 4.83 Å². The number of alkyl halides is 1. The lowest BCUT2D eigenvalue weighted by Crippen LogP contribution is -2.22. The molecule has 0 aromatic heterocycles. The van der Waals surface area contributed by atoms with Gasteiger partial charge in [-0.3, -0.25) is 9.59 Å². The number of nitrogens with one attached hydrogen (secondary N) is 2. The van der Waals surface area contributed by atoms with Gasteiger partial charge in [-0.15, -0.1) is 0 Å². The van der Waals surface area contributed by atoms with Gasteiger partial charge in [0, 0.05) is 18.3 Å². The van der Waals surface area contributed by atoms with E-state index in [1.165, 1.54) is 6.92 Å². The summed E-state index contributed by atoms with van der Waals surface area (Å²) in [7, 11) is 0. The Morgan fingerprint density at radius 3 is 2.50 bits per heavy atom. The van der Waals surface area contributed by atoms with E-state index in [0.717, 1.165) is 23.4 Å². The Morgan fingerprint density at radius 2 is 2.00 bits per heavy atom. The van der Waals surface area contributed by atoms with Crippen molar-refractivity contribution >= 4 is 39.1 Å². The van der Waals surface area contributed by atoms with E-state index in [4.69, 9.17) is 0 Å². The molecule has 1 unspecified atom stereocenters. The second kappa shape index (κ2) is 6.54. The quantitative estimate of drug-likeness (QED) is 0.839. The molecule has 18 heavy (non-hydrogen) atoms. The summed E-state index contributed by atoms with van der Waals surface area (Å²) in [4.78, 5) is 22.5. The second-order valence-electron chi connectivity index (χ2n) is 4.08. The number of halogens is 1. The van der Waals surface area contributed by atoms with E-state index in [9.17, 15) is 9.59 Å². The third-order valence-corrected chi connectivity index (χ3v) is 3.51. The summed E-state index contributed by atoms with van der Waals surface area (Å²) in [5.74, 6) is -0.175. The molecule has 0 saturated heterocycles. The molecule has 5 heteroatoms. The number of anilines is 2. The molecule has 0 aliphatic heterocycles. The Kier molecular flexibility index (Phi) is 5.34. The highest BCUT2D eigenvalue weighted by molar-refractivity contribution is 9.10. The van der Waals surface area contributed by atoms with Crippen LogP contribution < -0.4 is 10.6 Å². The van der Waals surface area contributed by atoms with Crippen molar-refractivity contribution in [3.05, 3.63) is 23.8 Å². The monoisotopic (exact) mass is 312 g/mol. The highest BCUT2D eigenvalue weighted by atomic mass is 79.9. The topological polar surface area (TPSA) is 58.2 Å². The van der Waals surface area contributed by atoms with Gasteiger partial charge in [0.15, 0.2) is 0 Å². The van der Waals surface area contributed by atoms with E-state index >= 15 is 0 Å². The maximum Gasteiger partial charge on any atom is 0.238 e. The molecule has 0 fully saturated rings. The molecule has 0 heterocycles. The molecule has 2 amide bonds. The van der Waals surface area contributed by atoms with Crippen molar-refractivity contribution < 1.29 is 9.59 Å². The third-order valence-electron chi connectivity index (χ3n) is 2.45. The Morgan fingerprint density at radius 1 is 1.33 bits per heavy atom. The maximum absolute atomic E-state index is 11.7. The van der Waals surface area contributed by atoms with E-state index < -0.39 is 0 Å². The Bertz CT molecular complexity index is 460. The lowest BCUT2D eigenvalue weighted by Gasteiger charge is -2.11. The first kappa shape index (κ1) is 14.7. The zero-order chi connectivity index (χ0) is 13.7. The molecule has 1 aromatic rings. The van der Waals surface area contributed by atoms with Crippen LogP contribution in [0.4, 0.5) is 11.4 Å². The zero-order valence-electron chi connectivity index (χ0n) is 10.7. The number of carbonyl (C=O) groups excluding carboxylic acids is 2. The minimum absolute atomic E-state index is 0.0656. The number of hydrogen-bond donors (Lipinski definition) is 2. The fraction of sp³-hybridized carbons (Fsp3) is 0.385. The first-order valence-electron chi connectivity index (χ1n) is 5.77. The molecule has 4 nitrogen and oxygen atoms in total. The van der Waals surface area contributed by atoms with Crippen LogP contribution in [0.3, 0.4) is 0 Å². The van der Waals surface area contributed by atoms with Gasteiger partial charge in [0.2, 0.25) is 11.8 Å². The summed E-state index contributed by atoms with van der Waals surface area (Å²) in [6, 6.07) is 5.38. The highest BCUT2D eigenvalue weighted by Crippen LogP contribution is 2.20. The van der Waals surface area contributed by atoms with Gasteiger partial charge >= 0.3 is 0 Å². The molecule has 2 N–H and O–H groups in total. The smallest absolute Gasteiger partial charge is 0.238 e. The minimum Gasteiger partial charge on any atom is -0.326 e. The predicted octanol–water partition coefficient (Wildman–Crippen LogP) is 3.07. The van der Waals surface area contributed by atoms with Gasteiger partial charge in [-0.2, -0.15) is 0 Å². The summed E-state index contributed by atoms with van der Waals surface area (Å²) in [5, 5.41) is 5.54. The Balaban J connectivity index is 2.78. The van der Waals surface area contributed by atoms with Crippen LogP contribution in [0.25, 0.3) is 0 Å². The van der Waals surface area contributed by atoms with Crippen LogP contribution in [0.1, 0.15) is 25.8 Å². The number of rotatable bonds is 4. The van der Waals surface area contributed by atoms with Gasteiger partial charge in [-0.25, -0.2) is 0 Å². The lowest BCUT2D eigenvalue weighted by molar-refractivity contribution is -0.116.